The lowest BCUT2D eigenvalue weighted by molar-refractivity contribution is 0.596. The van der Waals surface area contributed by atoms with Crippen LogP contribution in [0, 0.1) is 12.7 Å². The lowest BCUT2D eigenvalue weighted by Crippen LogP contribution is -2.47. The Labute approximate surface area is 162 Å². The molecule has 0 saturated carbocycles. The summed E-state index contributed by atoms with van der Waals surface area (Å²) in [6.45, 7) is 5.39. The maximum atomic E-state index is 13.1. The number of piperazine rings is 1. The smallest absolute Gasteiger partial charge is 0.267 e. The minimum absolute atomic E-state index is 0.178. The predicted octanol–water partition coefficient (Wildman–Crippen LogP) is 1.86. The number of halogens is 1. The Kier molecular flexibility index (Phi) is 5.01. The van der Waals surface area contributed by atoms with Gasteiger partial charge < -0.3 is 9.80 Å². The van der Waals surface area contributed by atoms with Crippen molar-refractivity contribution in [3.63, 3.8) is 0 Å². The van der Waals surface area contributed by atoms with E-state index in [0.717, 1.165) is 49.2 Å². The van der Waals surface area contributed by atoms with Crippen LogP contribution in [0.1, 0.15) is 11.4 Å². The van der Waals surface area contributed by atoms with Gasteiger partial charge in [0.05, 0.1) is 6.54 Å². The Morgan fingerprint density at radius 2 is 1.61 bits per heavy atom. The van der Waals surface area contributed by atoms with Gasteiger partial charge in [-0.2, -0.15) is 5.10 Å². The van der Waals surface area contributed by atoms with Crippen molar-refractivity contribution in [1.29, 1.82) is 0 Å². The Bertz CT molecular complexity index is 1010. The molecule has 3 aromatic rings. The van der Waals surface area contributed by atoms with Crippen LogP contribution in [0.25, 0.3) is 0 Å². The van der Waals surface area contributed by atoms with E-state index in [1.165, 1.54) is 22.9 Å². The first-order valence-corrected chi connectivity index (χ1v) is 9.21. The first kappa shape index (κ1) is 18.1. The number of anilines is 2. The van der Waals surface area contributed by atoms with Crippen molar-refractivity contribution in [3.05, 3.63) is 76.2 Å². The number of aromatic nitrogens is 4. The third kappa shape index (κ3) is 4.00. The molecule has 3 heterocycles. The third-order valence-corrected chi connectivity index (χ3v) is 4.79. The van der Waals surface area contributed by atoms with Crippen LogP contribution in [-0.2, 0) is 6.54 Å². The Morgan fingerprint density at radius 3 is 2.29 bits per heavy atom. The minimum atomic E-state index is -0.297. The number of hydrogen-bond donors (Lipinski definition) is 0. The van der Waals surface area contributed by atoms with Crippen LogP contribution < -0.4 is 15.4 Å². The molecule has 0 atom stereocenters. The van der Waals surface area contributed by atoms with E-state index < -0.39 is 0 Å². The summed E-state index contributed by atoms with van der Waals surface area (Å²) in [7, 11) is 0. The zero-order chi connectivity index (χ0) is 19.5. The predicted molar refractivity (Wildman–Crippen MR) is 105 cm³/mol. The van der Waals surface area contributed by atoms with Gasteiger partial charge in [0.1, 0.15) is 23.3 Å². The van der Waals surface area contributed by atoms with Gasteiger partial charge in [-0.3, -0.25) is 4.79 Å². The summed E-state index contributed by atoms with van der Waals surface area (Å²) in [5, 5.41) is 4.52. The summed E-state index contributed by atoms with van der Waals surface area (Å²) >= 11 is 0. The van der Waals surface area contributed by atoms with Crippen LogP contribution >= 0.6 is 0 Å². The quantitative estimate of drug-likeness (QED) is 0.688. The number of rotatable bonds is 4. The molecule has 1 saturated heterocycles. The average molecular weight is 380 g/mol. The minimum Gasteiger partial charge on any atom is -0.353 e. The molecule has 0 spiro atoms. The molecule has 0 aliphatic carbocycles. The lowest BCUT2D eigenvalue weighted by Gasteiger charge is -2.36. The summed E-state index contributed by atoms with van der Waals surface area (Å²) in [4.78, 5) is 25.2. The lowest BCUT2D eigenvalue weighted by atomic mass is 10.2. The van der Waals surface area contributed by atoms with Crippen LogP contribution in [-0.4, -0.2) is 45.9 Å². The number of nitrogens with zero attached hydrogens (tertiary/aromatic N) is 6. The highest BCUT2D eigenvalue weighted by Crippen LogP contribution is 2.17. The Morgan fingerprint density at radius 1 is 0.929 bits per heavy atom. The summed E-state index contributed by atoms with van der Waals surface area (Å²) < 4.78 is 14.5. The van der Waals surface area contributed by atoms with Gasteiger partial charge >= 0.3 is 0 Å². The van der Waals surface area contributed by atoms with Gasteiger partial charge in [-0.25, -0.2) is 19.0 Å². The van der Waals surface area contributed by atoms with Crippen molar-refractivity contribution in [2.24, 2.45) is 0 Å². The fourth-order valence-corrected chi connectivity index (χ4v) is 3.27. The molecule has 1 aromatic carbocycles. The molecule has 8 heteroatoms. The van der Waals surface area contributed by atoms with Crippen LogP contribution in [0.2, 0.25) is 0 Å². The summed E-state index contributed by atoms with van der Waals surface area (Å²) in [5.74, 6) is 2.16. The van der Waals surface area contributed by atoms with Crippen molar-refractivity contribution >= 4 is 11.6 Å². The third-order valence-electron chi connectivity index (χ3n) is 4.79. The second-order valence-corrected chi connectivity index (χ2v) is 6.75. The van der Waals surface area contributed by atoms with E-state index in [4.69, 9.17) is 0 Å². The average Bonchev–Trinajstić information content (AvgIpc) is 2.71. The highest BCUT2D eigenvalue weighted by Gasteiger charge is 2.20. The summed E-state index contributed by atoms with van der Waals surface area (Å²) in [5.41, 5.74) is 0.653. The van der Waals surface area contributed by atoms with Gasteiger partial charge in [-0.1, -0.05) is 12.1 Å². The van der Waals surface area contributed by atoms with Gasteiger partial charge in [0.15, 0.2) is 0 Å². The topological polar surface area (TPSA) is 67.2 Å². The summed E-state index contributed by atoms with van der Waals surface area (Å²) in [6, 6.07) is 11.3. The molecular weight excluding hydrogens is 359 g/mol. The van der Waals surface area contributed by atoms with Crippen LogP contribution in [0.3, 0.4) is 0 Å². The SMILES string of the molecule is Cc1nccc(N2CCN(c3ccc(=O)n(Cc4ccc(F)cc4)n3)CC2)n1. The molecule has 4 rings (SSSR count). The van der Waals surface area contributed by atoms with Crippen molar-refractivity contribution in [1.82, 2.24) is 19.7 Å². The molecule has 1 aliphatic rings. The molecule has 28 heavy (non-hydrogen) atoms. The highest BCUT2D eigenvalue weighted by atomic mass is 19.1. The Hall–Kier alpha value is -3.29. The monoisotopic (exact) mass is 380 g/mol. The molecule has 0 radical (unpaired) electrons. The normalized spacial score (nSPS) is 14.4. The zero-order valence-corrected chi connectivity index (χ0v) is 15.6. The largest absolute Gasteiger partial charge is 0.353 e. The number of aryl methyl sites for hydroxylation is 1. The van der Waals surface area contributed by atoms with Crippen molar-refractivity contribution in [2.45, 2.75) is 13.5 Å². The second-order valence-electron chi connectivity index (χ2n) is 6.75. The summed E-state index contributed by atoms with van der Waals surface area (Å²) in [6.07, 6.45) is 1.77. The maximum Gasteiger partial charge on any atom is 0.267 e. The molecule has 0 amide bonds. The molecular formula is C20H21FN6O. The van der Waals surface area contributed by atoms with Crippen molar-refractivity contribution < 1.29 is 4.39 Å². The molecule has 7 nitrogen and oxygen atoms in total. The van der Waals surface area contributed by atoms with E-state index in [1.54, 1.807) is 24.4 Å². The highest BCUT2D eigenvalue weighted by molar-refractivity contribution is 5.43. The van der Waals surface area contributed by atoms with Gasteiger partial charge in [0, 0.05) is 38.4 Å². The van der Waals surface area contributed by atoms with Crippen molar-refractivity contribution in [2.75, 3.05) is 36.0 Å². The second kappa shape index (κ2) is 7.75. The molecule has 1 fully saturated rings. The Balaban J connectivity index is 1.46. The number of benzene rings is 1. The first-order valence-electron chi connectivity index (χ1n) is 9.21. The van der Waals surface area contributed by atoms with E-state index in [9.17, 15) is 9.18 Å². The van der Waals surface area contributed by atoms with Crippen LogP contribution in [0.15, 0.2) is 53.5 Å². The molecule has 144 valence electrons. The van der Waals surface area contributed by atoms with Crippen LogP contribution in [0.5, 0.6) is 0 Å². The zero-order valence-electron chi connectivity index (χ0n) is 15.6. The molecule has 2 aromatic heterocycles. The maximum absolute atomic E-state index is 13.1. The first-order chi connectivity index (χ1) is 13.6. The van der Waals surface area contributed by atoms with Crippen LogP contribution in [0.4, 0.5) is 16.0 Å². The molecule has 0 bridgehead atoms. The number of hydrogen-bond acceptors (Lipinski definition) is 6. The van der Waals surface area contributed by atoms with Crippen molar-refractivity contribution in [3.8, 4) is 0 Å². The fraction of sp³-hybridized carbons (Fsp3) is 0.300. The van der Waals surface area contributed by atoms with Gasteiger partial charge in [-0.05, 0) is 36.8 Å². The standard InChI is InChI=1S/C20H21FN6O/c1-15-22-9-8-18(23-15)25-10-12-26(13-11-25)19-6-7-20(28)27(24-19)14-16-2-4-17(21)5-3-16/h2-9H,10-14H2,1H3. The molecule has 1 aliphatic heterocycles. The molecule has 0 unspecified atom stereocenters. The van der Waals surface area contributed by atoms with E-state index in [-0.39, 0.29) is 11.4 Å². The van der Waals surface area contributed by atoms with E-state index >= 15 is 0 Å². The van der Waals surface area contributed by atoms with Gasteiger partial charge in [0.2, 0.25) is 0 Å². The van der Waals surface area contributed by atoms with E-state index in [0.29, 0.717) is 6.54 Å². The fourth-order valence-electron chi connectivity index (χ4n) is 3.27. The van der Waals surface area contributed by atoms with E-state index in [2.05, 4.69) is 24.9 Å². The van der Waals surface area contributed by atoms with E-state index in [1.807, 2.05) is 13.0 Å². The van der Waals surface area contributed by atoms with Gasteiger partial charge in [0.25, 0.3) is 5.56 Å². The molecule has 0 N–H and O–H groups in total. The van der Waals surface area contributed by atoms with Gasteiger partial charge in [-0.15, -0.1) is 0 Å².